The number of ether oxygens (including phenoxy) is 1. The second kappa shape index (κ2) is 8.82. The van der Waals surface area contributed by atoms with Gasteiger partial charge in [0.1, 0.15) is 6.54 Å². The number of aromatic nitrogens is 1. The molecular weight excluding hydrogens is 366 g/mol. The van der Waals surface area contributed by atoms with Gasteiger partial charge in [0.2, 0.25) is 11.3 Å². The van der Waals surface area contributed by atoms with Gasteiger partial charge in [-0.1, -0.05) is 30.3 Å². The van der Waals surface area contributed by atoms with Crippen LogP contribution in [0.15, 0.2) is 47.4 Å². The number of hydrogen-bond donors (Lipinski definition) is 1. The molecule has 2 fully saturated rings. The predicted octanol–water partition coefficient (Wildman–Crippen LogP) is 2.52. The summed E-state index contributed by atoms with van der Waals surface area (Å²) in [6.07, 6.45) is 5.99. The van der Waals surface area contributed by atoms with Gasteiger partial charge in [0, 0.05) is 24.3 Å². The van der Waals surface area contributed by atoms with E-state index in [1.54, 1.807) is 12.3 Å². The van der Waals surface area contributed by atoms with Crippen LogP contribution in [0.3, 0.4) is 0 Å². The van der Waals surface area contributed by atoms with E-state index < -0.39 is 0 Å². The van der Waals surface area contributed by atoms with E-state index in [1.165, 1.54) is 12.7 Å². The van der Waals surface area contributed by atoms with Gasteiger partial charge in [-0.15, -0.1) is 0 Å². The zero-order valence-electron chi connectivity index (χ0n) is 17.0. The smallest absolute Gasteiger partial charge is 0.240 e. The zero-order chi connectivity index (χ0) is 20.2. The molecular formula is C23H29N3O3. The molecule has 154 valence electrons. The number of nitrogens with one attached hydrogen (secondary N) is 1. The van der Waals surface area contributed by atoms with E-state index in [1.807, 2.05) is 4.57 Å². The van der Waals surface area contributed by atoms with Crippen LogP contribution in [0.5, 0.6) is 5.75 Å². The Morgan fingerprint density at radius 1 is 1.14 bits per heavy atom. The number of methoxy groups -OCH3 is 1. The number of likely N-dealkylation sites (tertiary alicyclic amines) is 1. The first-order valence-corrected chi connectivity index (χ1v) is 10.5. The average molecular weight is 396 g/mol. The van der Waals surface area contributed by atoms with Crippen LogP contribution in [-0.4, -0.2) is 41.6 Å². The van der Waals surface area contributed by atoms with Crippen LogP contribution >= 0.6 is 0 Å². The van der Waals surface area contributed by atoms with Crippen LogP contribution in [0.25, 0.3) is 0 Å². The van der Waals surface area contributed by atoms with Crippen molar-refractivity contribution >= 4 is 5.91 Å². The summed E-state index contributed by atoms with van der Waals surface area (Å²) in [6.45, 7) is 2.84. The topological polar surface area (TPSA) is 63.6 Å². The highest BCUT2D eigenvalue weighted by molar-refractivity contribution is 5.76. The molecule has 1 aromatic carbocycles. The van der Waals surface area contributed by atoms with Crippen molar-refractivity contribution in [1.29, 1.82) is 0 Å². The maximum absolute atomic E-state index is 12.3. The monoisotopic (exact) mass is 395 g/mol. The van der Waals surface area contributed by atoms with E-state index in [0.29, 0.717) is 18.5 Å². The van der Waals surface area contributed by atoms with Gasteiger partial charge >= 0.3 is 0 Å². The van der Waals surface area contributed by atoms with Crippen molar-refractivity contribution in [3.63, 3.8) is 0 Å². The number of carbonyl (C=O) groups excluding carboxylic acids is 1. The minimum atomic E-state index is -0.138. The van der Waals surface area contributed by atoms with Crippen LogP contribution in [0.2, 0.25) is 0 Å². The van der Waals surface area contributed by atoms with E-state index >= 15 is 0 Å². The molecule has 0 radical (unpaired) electrons. The van der Waals surface area contributed by atoms with E-state index in [4.69, 9.17) is 4.74 Å². The number of carbonyl (C=O) groups is 1. The maximum atomic E-state index is 12.3. The van der Waals surface area contributed by atoms with Gasteiger partial charge in [-0.05, 0) is 50.3 Å². The summed E-state index contributed by atoms with van der Waals surface area (Å²) >= 11 is 0. The molecule has 0 unspecified atom stereocenters. The number of amides is 1. The molecule has 1 aliphatic heterocycles. The van der Waals surface area contributed by atoms with Crippen LogP contribution in [0, 0.1) is 0 Å². The molecule has 4 rings (SSSR count). The molecule has 0 spiro atoms. The van der Waals surface area contributed by atoms with E-state index in [9.17, 15) is 9.59 Å². The van der Waals surface area contributed by atoms with Gasteiger partial charge in [-0.3, -0.25) is 14.5 Å². The fraction of sp³-hybridized carbons (Fsp3) is 0.478. The second-order valence-electron chi connectivity index (χ2n) is 8.13. The SMILES string of the molecule is COc1cn(CC(=O)NC2CC2)c(CN2CCC(c3ccccc3)CC2)cc1=O. The fourth-order valence-electron chi connectivity index (χ4n) is 4.06. The lowest BCUT2D eigenvalue weighted by Crippen LogP contribution is -2.35. The minimum absolute atomic E-state index is 0.0118. The summed E-state index contributed by atoms with van der Waals surface area (Å²) in [4.78, 5) is 27.0. The van der Waals surface area contributed by atoms with Crippen LogP contribution in [-0.2, 0) is 17.9 Å². The quantitative estimate of drug-likeness (QED) is 0.783. The molecule has 6 nitrogen and oxygen atoms in total. The van der Waals surface area contributed by atoms with Crippen LogP contribution in [0.1, 0.15) is 42.9 Å². The molecule has 1 saturated heterocycles. The molecule has 2 heterocycles. The van der Waals surface area contributed by atoms with E-state index in [2.05, 4.69) is 40.5 Å². The standard InChI is InChI=1S/C23H29N3O3/c1-29-22-15-26(16-23(28)24-19-7-8-19)20(13-21(22)27)14-25-11-9-18(10-12-25)17-5-3-2-4-6-17/h2-6,13,15,18-19H,7-12,14,16H2,1H3,(H,24,28). The summed E-state index contributed by atoms with van der Waals surface area (Å²) < 4.78 is 7.05. The summed E-state index contributed by atoms with van der Waals surface area (Å²) in [5.41, 5.74) is 2.13. The number of hydrogen-bond acceptors (Lipinski definition) is 4. The normalized spacial score (nSPS) is 17.8. The van der Waals surface area contributed by atoms with Crippen molar-refractivity contribution in [2.45, 2.75) is 50.7 Å². The number of piperidine rings is 1. The summed E-state index contributed by atoms with van der Waals surface area (Å²) in [5, 5.41) is 3.02. The molecule has 0 atom stereocenters. The highest BCUT2D eigenvalue weighted by Crippen LogP contribution is 2.28. The molecule has 0 bridgehead atoms. The van der Waals surface area contributed by atoms with Crippen molar-refractivity contribution < 1.29 is 9.53 Å². The van der Waals surface area contributed by atoms with Gasteiger partial charge < -0.3 is 14.6 Å². The van der Waals surface area contributed by atoms with Gasteiger partial charge in [-0.2, -0.15) is 0 Å². The Bertz CT molecular complexity index is 897. The number of nitrogens with zero attached hydrogens (tertiary/aromatic N) is 2. The van der Waals surface area contributed by atoms with Crippen molar-refractivity contribution in [2.24, 2.45) is 0 Å². The third-order valence-electron chi connectivity index (χ3n) is 5.90. The lowest BCUT2D eigenvalue weighted by Gasteiger charge is -2.32. The lowest BCUT2D eigenvalue weighted by molar-refractivity contribution is -0.121. The average Bonchev–Trinajstić information content (AvgIpc) is 3.55. The van der Waals surface area contributed by atoms with Gasteiger partial charge in [0.15, 0.2) is 5.75 Å². The molecule has 1 N–H and O–H groups in total. The first kappa shape index (κ1) is 19.7. The first-order valence-electron chi connectivity index (χ1n) is 10.5. The highest BCUT2D eigenvalue weighted by atomic mass is 16.5. The Labute approximate surface area is 171 Å². The molecule has 2 aliphatic rings. The third-order valence-corrected chi connectivity index (χ3v) is 5.90. The highest BCUT2D eigenvalue weighted by Gasteiger charge is 2.24. The molecule has 6 heteroatoms. The maximum Gasteiger partial charge on any atom is 0.240 e. The van der Waals surface area contributed by atoms with Crippen molar-refractivity contribution in [3.8, 4) is 5.75 Å². The van der Waals surface area contributed by atoms with Crippen molar-refractivity contribution in [2.75, 3.05) is 20.2 Å². The molecule has 1 saturated carbocycles. The molecule has 1 aliphatic carbocycles. The zero-order valence-corrected chi connectivity index (χ0v) is 17.0. The number of benzene rings is 1. The Morgan fingerprint density at radius 3 is 2.52 bits per heavy atom. The third kappa shape index (κ3) is 5.07. The van der Waals surface area contributed by atoms with Gasteiger partial charge in [0.05, 0.1) is 13.3 Å². The Hall–Kier alpha value is -2.60. The largest absolute Gasteiger partial charge is 0.491 e. The molecule has 1 amide bonds. The van der Waals surface area contributed by atoms with Gasteiger partial charge in [0.25, 0.3) is 0 Å². The summed E-state index contributed by atoms with van der Waals surface area (Å²) in [6, 6.07) is 12.6. The van der Waals surface area contributed by atoms with E-state index in [-0.39, 0.29) is 23.6 Å². The Morgan fingerprint density at radius 2 is 1.86 bits per heavy atom. The first-order chi connectivity index (χ1) is 14.1. The van der Waals surface area contributed by atoms with Crippen LogP contribution < -0.4 is 15.5 Å². The molecule has 1 aromatic heterocycles. The minimum Gasteiger partial charge on any atom is -0.491 e. The second-order valence-corrected chi connectivity index (χ2v) is 8.13. The molecule has 29 heavy (non-hydrogen) atoms. The van der Waals surface area contributed by atoms with Crippen molar-refractivity contribution in [1.82, 2.24) is 14.8 Å². The Kier molecular flexibility index (Phi) is 6.00. The number of pyridine rings is 1. The number of rotatable bonds is 7. The predicted molar refractivity (Wildman–Crippen MR) is 112 cm³/mol. The van der Waals surface area contributed by atoms with Crippen LogP contribution in [0.4, 0.5) is 0 Å². The summed E-state index contributed by atoms with van der Waals surface area (Å²) in [5.74, 6) is 0.854. The van der Waals surface area contributed by atoms with E-state index in [0.717, 1.165) is 44.5 Å². The molecule has 2 aromatic rings. The Balaban J connectivity index is 1.43. The van der Waals surface area contributed by atoms with Gasteiger partial charge in [-0.25, -0.2) is 0 Å². The van der Waals surface area contributed by atoms with Crippen molar-refractivity contribution in [3.05, 3.63) is 64.1 Å². The summed E-state index contributed by atoms with van der Waals surface area (Å²) in [7, 11) is 1.49. The fourth-order valence-corrected chi connectivity index (χ4v) is 4.06. The lowest BCUT2D eigenvalue weighted by atomic mass is 9.89.